The van der Waals surface area contributed by atoms with Crippen LogP contribution in [0.4, 0.5) is 0 Å². The SMILES string of the molecule is COc1ccc2c(c1)C(O)(CNCC1(OC)CCOCC1)CCC2. The van der Waals surface area contributed by atoms with Gasteiger partial charge in [-0.3, -0.25) is 0 Å². The molecule has 1 aromatic rings. The Morgan fingerprint density at radius 2 is 1.96 bits per heavy atom. The van der Waals surface area contributed by atoms with Gasteiger partial charge in [0.15, 0.2) is 0 Å². The van der Waals surface area contributed by atoms with Gasteiger partial charge in [-0.25, -0.2) is 0 Å². The fourth-order valence-corrected chi connectivity index (χ4v) is 3.92. The van der Waals surface area contributed by atoms with E-state index in [0.29, 0.717) is 6.54 Å². The minimum Gasteiger partial charge on any atom is -0.497 e. The third-order valence-electron chi connectivity index (χ3n) is 5.56. The van der Waals surface area contributed by atoms with Gasteiger partial charge in [0.05, 0.1) is 12.7 Å². The van der Waals surface area contributed by atoms with Crippen molar-refractivity contribution in [2.45, 2.75) is 43.3 Å². The summed E-state index contributed by atoms with van der Waals surface area (Å²) in [7, 11) is 3.43. The van der Waals surface area contributed by atoms with Crippen LogP contribution in [0.3, 0.4) is 0 Å². The standard InChI is InChI=1S/C19H29NO4/c1-22-16-6-5-15-4-3-7-19(21,17(15)12-16)14-20-13-18(23-2)8-10-24-11-9-18/h5-6,12,20-21H,3-4,7-11,13-14H2,1-2H3. The van der Waals surface area contributed by atoms with Crippen LogP contribution in [0.15, 0.2) is 18.2 Å². The number of aliphatic hydroxyl groups is 1. The predicted octanol–water partition coefficient (Wildman–Crippen LogP) is 2.00. The third-order valence-corrected chi connectivity index (χ3v) is 5.56. The maximum atomic E-state index is 11.2. The van der Waals surface area contributed by atoms with Crippen LogP contribution in [0.5, 0.6) is 5.75 Å². The van der Waals surface area contributed by atoms with Gasteiger partial charge in [0, 0.05) is 46.3 Å². The van der Waals surface area contributed by atoms with E-state index in [1.54, 1.807) is 14.2 Å². The fourth-order valence-electron chi connectivity index (χ4n) is 3.92. The van der Waals surface area contributed by atoms with Crippen molar-refractivity contribution < 1.29 is 19.3 Å². The van der Waals surface area contributed by atoms with Crippen molar-refractivity contribution in [3.63, 3.8) is 0 Å². The van der Waals surface area contributed by atoms with E-state index in [-0.39, 0.29) is 5.60 Å². The molecule has 1 aromatic carbocycles. The summed E-state index contributed by atoms with van der Waals surface area (Å²) >= 11 is 0. The van der Waals surface area contributed by atoms with Gasteiger partial charge in [-0.2, -0.15) is 0 Å². The van der Waals surface area contributed by atoms with Crippen molar-refractivity contribution in [3.05, 3.63) is 29.3 Å². The van der Waals surface area contributed by atoms with Crippen LogP contribution in [0.25, 0.3) is 0 Å². The molecule has 1 fully saturated rings. The van der Waals surface area contributed by atoms with Crippen LogP contribution in [-0.2, 0) is 21.5 Å². The molecule has 1 atom stereocenters. The topological polar surface area (TPSA) is 60.0 Å². The Bertz CT molecular complexity index is 556. The summed E-state index contributed by atoms with van der Waals surface area (Å²) in [6.07, 6.45) is 4.56. The van der Waals surface area contributed by atoms with E-state index in [4.69, 9.17) is 14.2 Å². The van der Waals surface area contributed by atoms with Gasteiger partial charge in [-0.05, 0) is 42.5 Å². The molecule has 0 radical (unpaired) electrons. The van der Waals surface area contributed by atoms with Gasteiger partial charge in [-0.15, -0.1) is 0 Å². The van der Waals surface area contributed by atoms with Crippen LogP contribution < -0.4 is 10.1 Å². The van der Waals surface area contributed by atoms with Crippen molar-refractivity contribution in [1.82, 2.24) is 5.32 Å². The first-order valence-corrected chi connectivity index (χ1v) is 8.84. The summed E-state index contributed by atoms with van der Waals surface area (Å²) < 4.78 is 16.5. The lowest BCUT2D eigenvalue weighted by Gasteiger charge is -2.39. The Morgan fingerprint density at radius 3 is 2.67 bits per heavy atom. The minimum atomic E-state index is -0.845. The van der Waals surface area contributed by atoms with Crippen LogP contribution in [0.1, 0.15) is 36.8 Å². The molecular formula is C19H29NO4. The number of benzene rings is 1. The Hall–Kier alpha value is -1.14. The normalized spacial score (nSPS) is 26.0. The number of hydrogen-bond donors (Lipinski definition) is 2. The molecule has 2 N–H and O–H groups in total. The molecule has 1 aliphatic heterocycles. The first kappa shape index (κ1) is 17.7. The molecule has 24 heavy (non-hydrogen) atoms. The van der Waals surface area contributed by atoms with Gasteiger partial charge in [0.2, 0.25) is 0 Å². The Labute approximate surface area is 144 Å². The zero-order valence-electron chi connectivity index (χ0n) is 14.8. The average Bonchev–Trinajstić information content (AvgIpc) is 2.62. The summed E-state index contributed by atoms with van der Waals surface area (Å²) in [6.45, 7) is 2.73. The molecule has 5 heteroatoms. The third kappa shape index (κ3) is 3.59. The highest BCUT2D eigenvalue weighted by Gasteiger charge is 2.37. The lowest BCUT2D eigenvalue weighted by molar-refractivity contribution is -0.0903. The molecule has 1 heterocycles. The summed E-state index contributed by atoms with van der Waals surface area (Å²) in [5.74, 6) is 0.798. The van der Waals surface area contributed by atoms with Crippen LogP contribution in [0, 0.1) is 0 Å². The number of methoxy groups -OCH3 is 2. The van der Waals surface area contributed by atoms with Crippen LogP contribution in [0.2, 0.25) is 0 Å². The zero-order chi connectivity index (χ0) is 17.0. The second-order valence-corrected chi connectivity index (χ2v) is 7.01. The highest BCUT2D eigenvalue weighted by atomic mass is 16.5. The van der Waals surface area contributed by atoms with Crippen LogP contribution >= 0.6 is 0 Å². The van der Waals surface area contributed by atoms with E-state index >= 15 is 0 Å². The maximum Gasteiger partial charge on any atom is 0.119 e. The summed E-state index contributed by atoms with van der Waals surface area (Å²) in [4.78, 5) is 0. The number of rotatable bonds is 6. The van der Waals surface area contributed by atoms with Gasteiger partial charge in [0.25, 0.3) is 0 Å². The molecule has 2 aliphatic rings. The second-order valence-electron chi connectivity index (χ2n) is 7.01. The molecule has 0 saturated carbocycles. The molecule has 1 saturated heterocycles. The molecule has 0 spiro atoms. The predicted molar refractivity (Wildman–Crippen MR) is 92.5 cm³/mol. The summed E-state index contributed by atoms with van der Waals surface area (Å²) in [6, 6.07) is 6.03. The van der Waals surface area contributed by atoms with Crippen molar-refractivity contribution >= 4 is 0 Å². The molecule has 5 nitrogen and oxygen atoms in total. The average molecular weight is 335 g/mol. The lowest BCUT2D eigenvalue weighted by Crippen LogP contribution is -2.50. The van der Waals surface area contributed by atoms with Crippen molar-refractivity contribution in [3.8, 4) is 5.75 Å². The van der Waals surface area contributed by atoms with E-state index in [0.717, 1.165) is 63.2 Å². The van der Waals surface area contributed by atoms with Crippen molar-refractivity contribution in [2.75, 3.05) is 40.5 Å². The number of hydrogen-bond acceptors (Lipinski definition) is 5. The van der Waals surface area contributed by atoms with Gasteiger partial charge >= 0.3 is 0 Å². The first-order valence-electron chi connectivity index (χ1n) is 8.84. The smallest absolute Gasteiger partial charge is 0.119 e. The van der Waals surface area contributed by atoms with E-state index in [2.05, 4.69) is 11.4 Å². The van der Waals surface area contributed by atoms with Crippen molar-refractivity contribution in [1.29, 1.82) is 0 Å². The zero-order valence-corrected chi connectivity index (χ0v) is 14.8. The van der Waals surface area contributed by atoms with Gasteiger partial charge in [0.1, 0.15) is 11.4 Å². The molecule has 3 rings (SSSR count). The van der Waals surface area contributed by atoms with E-state index in [1.807, 2.05) is 12.1 Å². The lowest BCUT2D eigenvalue weighted by atomic mass is 9.78. The molecule has 0 bridgehead atoms. The summed E-state index contributed by atoms with van der Waals surface area (Å²) in [5.41, 5.74) is 1.20. The van der Waals surface area contributed by atoms with Crippen LogP contribution in [-0.4, -0.2) is 51.2 Å². The number of ether oxygens (including phenoxy) is 3. The molecule has 0 aromatic heterocycles. The molecule has 1 unspecified atom stereocenters. The van der Waals surface area contributed by atoms with E-state index in [9.17, 15) is 5.11 Å². The first-order chi connectivity index (χ1) is 11.6. The quantitative estimate of drug-likeness (QED) is 0.833. The Balaban J connectivity index is 1.69. The number of nitrogens with one attached hydrogen (secondary N) is 1. The van der Waals surface area contributed by atoms with E-state index < -0.39 is 5.60 Å². The molecule has 1 aliphatic carbocycles. The molecular weight excluding hydrogens is 306 g/mol. The second kappa shape index (κ2) is 7.40. The largest absolute Gasteiger partial charge is 0.497 e. The molecule has 134 valence electrons. The fraction of sp³-hybridized carbons (Fsp3) is 0.684. The Morgan fingerprint density at radius 1 is 1.17 bits per heavy atom. The van der Waals surface area contributed by atoms with Crippen molar-refractivity contribution in [2.24, 2.45) is 0 Å². The monoisotopic (exact) mass is 335 g/mol. The number of aryl methyl sites for hydroxylation is 1. The highest BCUT2D eigenvalue weighted by molar-refractivity contribution is 5.41. The Kier molecular flexibility index (Phi) is 5.45. The van der Waals surface area contributed by atoms with E-state index in [1.165, 1.54) is 5.56 Å². The van der Waals surface area contributed by atoms with Gasteiger partial charge < -0.3 is 24.6 Å². The number of fused-ring (bicyclic) bond motifs is 1. The maximum absolute atomic E-state index is 11.2. The molecule has 0 amide bonds. The highest BCUT2D eigenvalue weighted by Crippen LogP contribution is 2.37. The summed E-state index contributed by atoms with van der Waals surface area (Å²) in [5, 5.41) is 14.7. The van der Waals surface area contributed by atoms with Gasteiger partial charge in [-0.1, -0.05) is 6.07 Å². The minimum absolute atomic E-state index is 0.180.